The van der Waals surface area contributed by atoms with Gasteiger partial charge in [-0.2, -0.15) is 5.10 Å². The van der Waals surface area contributed by atoms with Crippen LogP contribution in [0, 0.1) is 0 Å². The molecule has 0 saturated heterocycles. The van der Waals surface area contributed by atoms with E-state index < -0.39 is 0 Å². The topological polar surface area (TPSA) is 86.0 Å². The van der Waals surface area contributed by atoms with Crippen molar-refractivity contribution in [1.82, 2.24) is 24.7 Å². The third kappa shape index (κ3) is 4.19. The highest BCUT2D eigenvalue weighted by atomic mass is 16.5. The smallest absolute Gasteiger partial charge is 0.166 e. The molecule has 0 aliphatic heterocycles. The number of hydrogen-bond acceptors (Lipinski definition) is 6. The molecule has 0 aliphatic carbocycles. The lowest BCUT2D eigenvalue weighted by atomic mass is 10.0. The summed E-state index contributed by atoms with van der Waals surface area (Å²) in [6.07, 6.45) is 7.28. The van der Waals surface area contributed by atoms with E-state index in [4.69, 9.17) is 4.74 Å². The molecule has 32 heavy (non-hydrogen) atoms. The maximum Gasteiger partial charge on any atom is 0.166 e. The number of aromatic nitrogens is 5. The van der Waals surface area contributed by atoms with Crippen LogP contribution in [-0.2, 0) is 13.2 Å². The average molecular weight is 423 g/mol. The minimum atomic E-state index is 0.0283. The first-order valence-electron chi connectivity index (χ1n) is 10.3. The maximum absolute atomic E-state index is 9.31. The van der Waals surface area contributed by atoms with Gasteiger partial charge >= 0.3 is 0 Å². The van der Waals surface area contributed by atoms with Gasteiger partial charge in [0.05, 0.1) is 18.7 Å². The van der Waals surface area contributed by atoms with E-state index in [0.717, 1.165) is 39.0 Å². The molecular weight excluding hydrogens is 402 g/mol. The molecule has 3 aromatic heterocycles. The molecule has 0 radical (unpaired) electrons. The van der Waals surface area contributed by atoms with Crippen molar-refractivity contribution in [1.29, 1.82) is 0 Å². The van der Waals surface area contributed by atoms with Gasteiger partial charge < -0.3 is 9.84 Å². The fraction of sp³-hybridized carbons (Fsp3) is 0.120. The number of nitrogens with zero attached hydrogens (tertiary/aromatic N) is 5. The molecule has 0 amide bonds. The molecule has 2 aromatic carbocycles. The lowest BCUT2D eigenvalue weighted by Gasteiger charge is -2.07. The van der Waals surface area contributed by atoms with Crippen molar-refractivity contribution >= 4 is 10.9 Å². The number of ether oxygens (including phenoxy) is 1. The van der Waals surface area contributed by atoms with Crippen LogP contribution in [0.2, 0.25) is 0 Å². The summed E-state index contributed by atoms with van der Waals surface area (Å²) in [5.41, 5.74) is 4.71. The molecule has 7 nitrogen and oxygen atoms in total. The van der Waals surface area contributed by atoms with Crippen molar-refractivity contribution < 1.29 is 9.84 Å². The number of fused-ring (bicyclic) bond motifs is 1. The second-order valence-electron chi connectivity index (χ2n) is 7.27. The van der Waals surface area contributed by atoms with E-state index in [-0.39, 0.29) is 13.2 Å². The summed E-state index contributed by atoms with van der Waals surface area (Å²) in [7, 11) is 0. The molecule has 0 bridgehead atoms. The molecule has 5 aromatic rings. The first-order valence-corrected chi connectivity index (χ1v) is 10.3. The van der Waals surface area contributed by atoms with Crippen molar-refractivity contribution in [3.05, 3.63) is 91.3 Å². The third-order valence-electron chi connectivity index (χ3n) is 5.12. The number of aliphatic hydroxyl groups excluding tert-OH is 1. The Bertz CT molecular complexity index is 1330. The van der Waals surface area contributed by atoms with E-state index in [9.17, 15) is 5.11 Å². The highest BCUT2D eigenvalue weighted by Gasteiger charge is 2.13. The highest BCUT2D eigenvalue weighted by Crippen LogP contribution is 2.31. The predicted molar refractivity (Wildman–Crippen MR) is 122 cm³/mol. The molecule has 3 heterocycles. The highest BCUT2D eigenvalue weighted by molar-refractivity contribution is 5.80. The number of benzene rings is 2. The van der Waals surface area contributed by atoms with Crippen LogP contribution in [0.1, 0.15) is 5.82 Å². The molecular formula is C25H21N5O2. The summed E-state index contributed by atoms with van der Waals surface area (Å²) in [5, 5.41) is 15.0. The normalized spacial score (nSPS) is 11.0. The number of rotatable bonds is 7. The fourth-order valence-electron chi connectivity index (χ4n) is 3.53. The molecule has 0 unspecified atom stereocenters. The second-order valence-corrected chi connectivity index (χ2v) is 7.27. The van der Waals surface area contributed by atoms with Gasteiger partial charge in [-0.05, 0) is 48.0 Å². The van der Waals surface area contributed by atoms with Crippen LogP contribution in [-0.4, -0.2) is 36.4 Å². The van der Waals surface area contributed by atoms with E-state index in [1.165, 1.54) is 0 Å². The quantitative estimate of drug-likeness (QED) is 0.424. The van der Waals surface area contributed by atoms with Crippen molar-refractivity contribution in [2.45, 2.75) is 13.2 Å². The summed E-state index contributed by atoms with van der Waals surface area (Å²) in [4.78, 5) is 13.0. The van der Waals surface area contributed by atoms with E-state index in [0.29, 0.717) is 12.4 Å². The van der Waals surface area contributed by atoms with Crippen molar-refractivity contribution in [3.8, 4) is 28.1 Å². The first-order chi connectivity index (χ1) is 15.8. The Morgan fingerprint density at radius 3 is 2.53 bits per heavy atom. The zero-order valence-electron chi connectivity index (χ0n) is 17.3. The number of para-hydroxylation sites is 1. The van der Waals surface area contributed by atoms with Gasteiger partial charge in [0.1, 0.15) is 18.1 Å². The summed E-state index contributed by atoms with van der Waals surface area (Å²) < 4.78 is 7.66. The zero-order valence-corrected chi connectivity index (χ0v) is 17.3. The zero-order chi connectivity index (χ0) is 21.8. The largest absolute Gasteiger partial charge is 0.486 e. The molecule has 0 saturated carbocycles. The molecule has 5 rings (SSSR count). The van der Waals surface area contributed by atoms with Crippen LogP contribution in [0.5, 0.6) is 5.75 Å². The lowest BCUT2D eigenvalue weighted by molar-refractivity contribution is 0.269. The van der Waals surface area contributed by atoms with E-state index >= 15 is 0 Å². The number of hydrogen-bond donors (Lipinski definition) is 1. The van der Waals surface area contributed by atoms with E-state index in [2.05, 4.69) is 20.1 Å². The third-order valence-corrected chi connectivity index (χ3v) is 5.12. The van der Waals surface area contributed by atoms with Crippen molar-refractivity contribution in [2.75, 3.05) is 6.61 Å². The Morgan fingerprint density at radius 2 is 1.72 bits per heavy atom. The van der Waals surface area contributed by atoms with Crippen molar-refractivity contribution in [3.63, 3.8) is 0 Å². The minimum Gasteiger partial charge on any atom is -0.486 e. The SMILES string of the molecule is OCCn1cc(-c2ccncc2)c(-c2ccc(OCc3ncc4ccccc4n3)cc2)n1. The molecule has 0 fully saturated rings. The van der Waals surface area contributed by atoms with Gasteiger partial charge in [0.25, 0.3) is 0 Å². The Balaban J connectivity index is 1.36. The van der Waals surface area contributed by atoms with Crippen LogP contribution in [0.25, 0.3) is 33.3 Å². The predicted octanol–water partition coefficient (Wildman–Crippen LogP) is 4.13. The van der Waals surface area contributed by atoms with Gasteiger partial charge in [-0.3, -0.25) is 9.67 Å². The number of pyridine rings is 1. The Labute approximate surface area is 185 Å². The Hall–Kier alpha value is -4.10. The summed E-state index contributed by atoms with van der Waals surface area (Å²) in [6, 6.07) is 19.6. The lowest BCUT2D eigenvalue weighted by Crippen LogP contribution is -2.02. The van der Waals surface area contributed by atoms with Gasteiger partial charge in [0, 0.05) is 41.3 Å². The molecule has 1 N–H and O–H groups in total. The molecule has 0 atom stereocenters. The van der Waals surface area contributed by atoms with E-state index in [1.807, 2.05) is 73.1 Å². The van der Waals surface area contributed by atoms with Gasteiger partial charge in [0.2, 0.25) is 0 Å². The van der Waals surface area contributed by atoms with Crippen LogP contribution in [0.4, 0.5) is 0 Å². The fourth-order valence-corrected chi connectivity index (χ4v) is 3.53. The van der Waals surface area contributed by atoms with Crippen LogP contribution < -0.4 is 4.74 Å². The van der Waals surface area contributed by atoms with E-state index in [1.54, 1.807) is 17.1 Å². The van der Waals surface area contributed by atoms with Gasteiger partial charge in [-0.15, -0.1) is 0 Å². The van der Waals surface area contributed by atoms with Gasteiger partial charge in [0.15, 0.2) is 5.82 Å². The molecule has 0 aliphatic rings. The summed E-state index contributed by atoms with van der Waals surface area (Å²) >= 11 is 0. The Kier molecular flexibility index (Phi) is 5.55. The molecule has 158 valence electrons. The van der Waals surface area contributed by atoms with Crippen LogP contribution in [0.3, 0.4) is 0 Å². The number of aliphatic hydroxyl groups is 1. The maximum atomic E-state index is 9.31. The van der Waals surface area contributed by atoms with Gasteiger partial charge in [-0.25, -0.2) is 9.97 Å². The standard InChI is InChI=1S/C25H21N5O2/c31-14-13-30-16-22(18-9-11-26-12-10-18)25(29-30)19-5-7-21(8-6-19)32-17-24-27-15-20-3-1-2-4-23(20)28-24/h1-12,15-16,31H,13-14,17H2. The summed E-state index contributed by atoms with van der Waals surface area (Å²) in [5.74, 6) is 1.36. The molecule has 7 heteroatoms. The first kappa shape index (κ1) is 19.8. The van der Waals surface area contributed by atoms with Gasteiger partial charge in [-0.1, -0.05) is 18.2 Å². The minimum absolute atomic E-state index is 0.0283. The monoisotopic (exact) mass is 423 g/mol. The Morgan fingerprint density at radius 1 is 0.906 bits per heavy atom. The van der Waals surface area contributed by atoms with Crippen molar-refractivity contribution in [2.24, 2.45) is 0 Å². The second kappa shape index (κ2) is 8.95. The summed E-state index contributed by atoms with van der Waals surface area (Å²) in [6.45, 7) is 0.753. The van der Waals surface area contributed by atoms with Crippen LogP contribution >= 0.6 is 0 Å². The average Bonchev–Trinajstić information content (AvgIpc) is 3.28. The molecule has 0 spiro atoms. The van der Waals surface area contributed by atoms with Crippen LogP contribution in [0.15, 0.2) is 85.5 Å².